The molecule has 0 bridgehead atoms. The van der Waals surface area contributed by atoms with Crippen LogP contribution in [-0.4, -0.2) is 41.9 Å². The standard InChI is InChI=1S/C20H21N3O3/c1-16-3-2-4-17(15-16)5-10-20(24)22-13-11-21(12-14-22)18-6-8-19(9-7-18)23(25)26/h2-10,15H,11-14H2,1H3/b10-5+. The molecule has 0 aromatic heterocycles. The number of hydrogen-bond acceptors (Lipinski definition) is 4. The number of non-ortho nitro benzene ring substituents is 1. The van der Waals surface area contributed by atoms with Crippen molar-refractivity contribution in [1.29, 1.82) is 0 Å². The van der Waals surface area contributed by atoms with Crippen LogP contribution >= 0.6 is 0 Å². The van der Waals surface area contributed by atoms with Gasteiger partial charge in [0.25, 0.3) is 5.69 Å². The van der Waals surface area contributed by atoms with Crippen molar-refractivity contribution >= 4 is 23.4 Å². The maximum absolute atomic E-state index is 12.4. The molecule has 1 aliphatic heterocycles. The number of hydrogen-bond donors (Lipinski definition) is 0. The highest BCUT2D eigenvalue weighted by Gasteiger charge is 2.20. The summed E-state index contributed by atoms with van der Waals surface area (Å²) >= 11 is 0. The summed E-state index contributed by atoms with van der Waals surface area (Å²) in [7, 11) is 0. The second-order valence-electron chi connectivity index (χ2n) is 6.33. The number of anilines is 1. The maximum atomic E-state index is 12.4. The predicted molar refractivity (Wildman–Crippen MR) is 102 cm³/mol. The monoisotopic (exact) mass is 351 g/mol. The normalized spacial score (nSPS) is 14.7. The Balaban J connectivity index is 1.56. The lowest BCUT2D eigenvalue weighted by atomic mass is 10.1. The molecule has 26 heavy (non-hydrogen) atoms. The summed E-state index contributed by atoms with van der Waals surface area (Å²) in [4.78, 5) is 26.7. The summed E-state index contributed by atoms with van der Waals surface area (Å²) < 4.78 is 0. The fourth-order valence-corrected chi connectivity index (χ4v) is 3.02. The van der Waals surface area contributed by atoms with Gasteiger partial charge in [0.15, 0.2) is 0 Å². The van der Waals surface area contributed by atoms with Gasteiger partial charge in [-0.1, -0.05) is 29.8 Å². The van der Waals surface area contributed by atoms with Crippen molar-refractivity contribution < 1.29 is 9.72 Å². The van der Waals surface area contributed by atoms with E-state index >= 15 is 0 Å². The molecule has 6 heteroatoms. The van der Waals surface area contributed by atoms with E-state index in [0.717, 1.165) is 16.8 Å². The summed E-state index contributed by atoms with van der Waals surface area (Å²) in [6.07, 6.45) is 3.47. The molecule has 2 aromatic rings. The lowest BCUT2D eigenvalue weighted by Gasteiger charge is -2.35. The molecular weight excluding hydrogens is 330 g/mol. The number of nitro benzene ring substituents is 1. The predicted octanol–water partition coefficient (Wildman–Crippen LogP) is 3.27. The second-order valence-corrected chi connectivity index (χ2v) is 6.33. The molecule has 1 amide bonds. The van der Waals surface area contributed by atoms with Crippen LogP contribution in [0.15, 0.2) is 54.6 Å². The van der Waals surface area contributed by atoms with Crippen LogP contribution < -0.4 is 4.90 Å². The van der Waals surface area contributed by atoms with Crippen LogP contribution in [0, 0.1) is 17.0 Å². The quantitative estimate of drug-likeness (QED) is 0.482. The highest BCUT2D eigenvalue weighted by Crippen LogP contribution is 2.20. The molecule has 0 unspecified atom stereocenters. The number of carbonyl (C=O) groups is 1. The summed E-state index contributed by atoms with van der Waals surface area (Å²) in [6.45, 7) is 4.71. The molecule has 1 saturated heterocycles. The Morgan fingerprint density at radius 2 is 1.77 bits per heavy atom. The van der Waals surface area contributed by atoms with Gasteiger partial charge in [0, 0.05) is 50.1 Å². The molecule has 1 heterocycles. The lowest BCUT2D eigenvalue weighted by molar-refractivity contribution is -0.384. The van der Waals surface area contributed by atoms with E-state index in [1.165, 1.54) is 12.1 Å². The topological polar surface area (TPSA) is 66.7 Å². The van der Waals surface area contributed by atoms with Gasteiger partial charge in [-0.15, -0.1) is 0 Å². The minimum absolute atomic E-state index is 0.00913. The molecule has 0 saturated carbocycles. The number of amides is 1. The Labute approximate surface area is 152 Å². The molecule has 0 N–H and O–H groups in total. The zero-order valence-corrected chi connectivity index (χ0v) is 14.7. The summed E-state index contributed by atoms with van der Waals surface area (Å²) in [5.74, 6) is 0.00913. The summed E-state index contributed by atoms with van der Waals surface area (Å²) in [6, 6.07) is 14.5. The van der Waals surface area contributed by atoms with Gasteiger partial charge in [-0.2, -0.15) is 0 Å². The molecule has 2 aromatic carbocycles. The molecular formula is C20H21N3O3. The molecule has 1 aliphatic rings. The molecule has 1 fully saturated rings. The van der Waals surface area contributed by atoms with E-state index in [0.29, 0.717) is 26.2 Å². The largest absolute Gasteiger partial charge is 0.368 e. The lowest BCUT2D eigenvalue weighted by Crippen LogP contribution is -2.48. The van der Waals surface area contributed by atoms with E-state index in [9.17, 15) is 14.9 Å². The minimum atomic E-state index is -0.402. The van der Waals surface area contributed by atoms with Crippen molar-refractivity contribution in [2.75, 3.05) is 31.1 Å². The summed E-state index contributed by atoms with van der Waals surface area (Å²) in [5.41, 5.74) is 3.21. The fraction of sp³-hybridized carbons (Fsp3) is 0.250. The van der Waals surface area contributed by atoms with Crippen molar-refractivity contribution in [2.45, 2.75) is 6.92 Å². The van der Waals surface area contributed by atoms with Gasteiger partial charge in [0.2, 0.25) is 5.91 Å². The van der Waals surface area contributed by atoms with Crippen LogP contribution in [0.25, 0.3) is 6.08 Å². The fourth-order valence-electron chi connectivity index (χ4n) is 3.02. The smallest absolute Gasteiger partial charge is 0.269 e. The number of nitrogens with zero attached hydrogens (tertiary/aromatic N) is 3. The number of carbonyl (C=O) groups excluding carboxylic acids is 1. The third-order valence-corrected chi connectivity index (χ3v) is 4.48. The highest BCUT2D eigenvalue weighted by molar-refractivity contribution is 5.92. The third kappa shape index (κ3) is 4.27. The van der Waals surface area contributed by atoms with Crippen molar-refractivity contribution in [3.63, 3.8) is 0 Å². The van der Waals surface area contributed by atoms with Crippen LogP contribution in [0.5, 0.6) is 0 Å². The van der Waals surface area contributed by atoms with E-state index in [1.54, 1.807) is 18.2 Å². The first-order valence-corrected chi connectivity index (χ1v) is 8.56. The molecule has 0 radical (unpaired) electrons. The molecule has 0 aliphatic carbocycles. The van der Waals surface area contributed by atoms with Crippen molar-refractivity contribution in [3.8, 4) is 0 Å². The van der Waals surface area contributed by atoms with Crippen molar-refractivity contribution in [2.24, 2.45) is 0 Å². The third-order valence-electron chi connectivity index (χ3n) is 4.48. The van der Waals surface area contributed by atoms with Crippen LogP contribution in [0.4, 0.5) is 11.4 Å². The first kappa shape index (κ1) is 17.7. The van der Waals surface area contributed by atoms with E-state index in [2.05, 4.69) is 4.90 Å². The second kappa shape index (κ2) is 7.82. The highest BCUT2D eigenvalue weighted by atomic mass is 16.6. The Hall–Kier alpha value is -3.15. The van der Waals surface area contributed by atoms with Crippen LogP contribution in [-0.2, 0) is 4.79 Å². The zero-order valence-electron chi connectivity index (χ0n) is 14.7. The average molecular weight is 351 g/mol. The maximum Gasteiger partial charge on any atom is 0.269 e. The molecule has 6 nitrogen and oxygen atoms in total. The van der Waals surface area contributed by atoms with Gasteiger partial charge in [-0.05, 0) is 30.7 Å². The number of nitro groups is 1. The van der Waals surface area contributed by atoms with Gasteiger partial charge >= 0.3 is 0 Å². The van der Waals surface area contributed by atoms with Crippen LogP contribution in [0.2, 0.25) is 0 Å². The molecule has 134 valence electrons. The van der Waals surface area contributed by atoms with Crippen LogP contribution in [0.3, 0.4) is 0 Å². The Morgan fingerprint density at radius 3 is 2.38 bits per heavy atom. The minimum Gasteiger partial charge on any atom is -0.368 e. The number of benzene rings is 2. The van der Waals surface area contributed by atoms with Gasteiger partial charge < -0.3 is 9.80 Å². The average Bonchev–Trinajstić information content (AvgIpc) is 2.66. The number of rotatable bonds is 4. The Kier molecular flexibility index (Phi) is 5.31. The van der Waals surface area contributed by atoms with E-state index in [4.69, 9.17) is 0 Å². The first-order chi connectivity index (χ1) is 12.5. The molecule has 3 rings (SSSR count). The Bertz CT molecular complexity index is 822. The van der Waals surface area contributed by atoms with E-state index in [-0.39, 0.29) is 11.6 Å². The SMILES string of the molecule is Cc1cccc(/C=C/C(=O)N2CCN(c3ccc([N+](=O)[O-])cc3)CC2)c1. The van der Waals surface area contributed by atoms with Crippen molar-refractivity contribution in [1.82, 2.24) is 4.90 Å². The molecule has 0 atom stereocenters. The van der Waals surface area contributed by atoms with Gasteiger partial charge in [0.05, 0.1) is 4.92 Å². The summed E-state index contributed by atoms with van der Waals surface area (Å²) in [5, 5.41) is 10.7. The van der Waals surface area contributed by atoms with Gasteiger partial charge in [0.1, 0.15) is 0 Å². The zero-order chi connectivity index (χ0) is 18.5. The Morgan fingerprint density at radius 1 is 1.08 bits per heavy atom. The van der Waals surface area contributed by atoms with Gasteiger partial charge in [-0.25, -0.2) is 0 Å². The van der Waals surface area contributed by atoms with Crippen molar-refractivity contribution in [3.05, 3.63) is 75.8 Å². The van der Waals surface area contributed by atoms with E-state index < -0.39 is 4.92 Å². The van der Waals surface area contributed by atoms with Gasteiger partial charge in [-0.3, -0.25) is 14.9 Å². The van der Waals surface area contributed by atoms with E-state index in [1.807, 2.05) is 42.2 Å². The number of aryl methyl sites for hydroxylation is 1. The molecule has 0 spiro atoms. The first-order valence-electron chi connectivity index (χ1n) is 8.56. The number of piperazine rings is 1. The van der Waals surface area contributed by atoms with Crippen LogP contribution in [0.1, 0.15) is 11.1 Å².